The maximum absolute atomic E-state index is 13.8. The summed E-state index contributed by atoms with van der Waals surface area (Å²) in [6.07, 6.45) is 1.35. The van der Waals surface area contributed by atoms with Crippen molar-refractivity contribution >= 4 is 0 Å². The van der Waals surface area contributed by atoms with E-state index < -0.39 is 0 Å². The number of aryl methyl sites for hydroxylation is 1. The predicted molar refractivity (Wildman–Crippen MR) is 69.4 cm³/mol. The zero-order valence-electron chi connectivity index (χ0n) is 10.9. The Morgan fingerprint density at radius 1 is 1.11 bits per heavy atom. The maximum atomic E-state index is 13.8. The molecule has 0 saturated carbocycles. The normalized spacial score (nSPS) is 10.8. The van der Waals surface area contributed by atoms with Crippen LogP contribution in [0, 0.1) is 11.7 Å². The Balaban J connectivity index is 2.82. The number of rotatable bonds is 7. The summed E-state index contributed by atoms with van der Waals surface area (Å²) in [6, 6.07) is 3.01. The largest absolute Gasteiger partial charge is 0.493 e. The molecule has 102 valence electrons. The highest BCUT2D eigenvalue weighted by molar-refractivity contribution is 5.43. The highest BCUT2D eigenvalue weighted by Gasteiger charge is 2.12. The number of hydrogen-bond acceptors (Lipinski definition) is 4. The van der Waals surface area contributed by atoms with Crippen molar-refractivity contribution < 1.29 is 13.9 Å². The molecule has 0 aliphatic heterocycles. The third-order valence-electron chi connectivity index (χ3n) is 3.04. The van der Waals surface area contributed by atoms with Crippen LogP contribution in [-0.4, -0.2) is 27.3 Å². The number of nitrogens with two attached hydrogens (primary N) is 2. The second kappa shape index (κ2) is 7.18. The van der Waals surface area contributed by atoms with Gasteiger partial charge in [0.05, 0.1) is 14.2 Å². The van der Waals surface area contributed by atoms with Crippen molar-refractivity contribution in [2.75, 3.05) is 27.3 Å². The van der Waals surface area contributed by atoms with E-state index in [0.717, 1.165) is 6.42 Å². The first-order chi connectivity index (χ1) is 8.65. The number of halogens is 1. The van der Waals surface area contributed by atoms with Crippen LogP contribution in [0.5, 0.6) is 11.5 Å². The number of methoxy groups -OCH3 is 2. The van der Waals surface area contributed by atoms with E-state index in [1.165, 1.54) is 20.3 Å². The van der Waals surface area contributed by atoms with Crippen molar-refractivity contribution in [3.05, 3.63) is 23.5 Å². The third kappa shape index (κ3) is 3.58. The summed E-state index contributed by atoms with van der Waals surface area (Å²) >= 11 is 0. The van der Waals surface area contributed by atoms with E-state index in [4.69, 9.17) is 20.9 Å². The van der Waals surface area contributed by atoms with Gasteiger partial charge in [-0.15, -0.1) is 0 Å². The molecule has 5 heteroatoms. The zero-order chi connectivity index (χ0) is 13.5. The summed E-state index contributed by atoms with van der Waals surface area (Å²) in [5, 5.41) is 0. The van der Waals surface area contributed by atoms with Gasteiger partial charge in [-0.05, 0) is 43.5 Å². The molecule has 1 aromatic carbocycles. The van der Waals surface area contributed by atoms with E-state index in [2.05, 4.69) is 0 Å². The lowest BCUT2D eigenvalue weighted by Crippen LogP contribution is -2.23. The Morgan fingerprint density at radius 3 is 2.17 bits per heavy atom. The van der Waals surface area contributed by atoms with Gasteiger partial charge in [0.25, 0.3) is 0 Å². The zero-order valence-corrected chi connectivity index (χ0v) is 10.9. The molecular weight excluding hydrogens is 235 g/mol. The van der Waals surface area contributed by atoms with Crippen molar-refractivity contribution in [3.63, 3.8) is 0 Å². The van der Waals surface area contributed by atoms with Crippen molar-refractivity contribution in [2.24, 2.45) is 17.4 Å². The number of hydrogen-bond donors (Lipinski definition) is 2. The molecule has 1 aromatic rings. The lowest BCUT2D eigenvalue weighted by Gasteiger charge is -2.14. The van der Waals surface area contributed by atoms with Crippen LogP contribution in [0.25, 0.3) is 0 Å². The van der Waals surface area contributed by atoms with E-state index >= 15 is 0 Å². The van der Waals surface area contributed by atoms with Crippen LogP contribution in [0.15, 0.2) is 12.1 Å². The van der Waals surface area contributed by atoms with Crippen LogP contribution < -0.4 is 20.9 Å². The van der Waals surface area contributed by atoms with E-state index in [9.17, 15) is 4.39 Å². The van der Waals surface area contributed by atoms with Crippen LogP contribution in [0.3, 0.4) is 0 Å². The molecule has 1 rings (SSSR count). The van der Waals surface area contributed by atoms with Crippen molar-refractivity contribution in [2.45, 2.75) is 12.8 Å². The molecule has 0 bridgehead atoms. The van der Waals surface area contributed by atoms with E-state index in [1.54, 1.807) is 6.07 Å². The second-order valence-corrected chi connectivity index (χ2v) is 4.17. The fourth-order valence-electron chi connectivity index (χ4n) is 1.78. The minimum absolute atomic E-state index is 0.220. The fraction of sp³-hybridized carbons (Fsp3) is 0.538. The molecule has 0 atom stereocenters. The average molecular weight is 256 g/mol. The minimum atomic E-state index is -0.291. The maximum Gasteiger partial charge on any atom is 0.163 e. The highest BCUT2D eigenvalue weighted by Crippen LogP contribution is 2.30. The SMILES string of the molecule is COc1cc(F)c(CCC(CN)CN)cc1OC. The quantitative estimate of drug-likeness (QED) is 0.771. The minimum Gasteiger partial charge on any atom is -0.493 e. The van der Waals surface area contributed by atoms with Gasteiger partial charge < -0.3 is 20.9 Å². The van der Waals surface area contributed by atoms with Gasteiger partial charge >= 0.3 is 0 Å². The standard InChI is InChI=1S/C13H21FN2O2/c1-17-12-5-10(4-3-9(7-15)8-16)11(14)6-13(12)18-2/h5-6,9H,3-4,7-8,15-16H2,1-2H3. The van der Waals surface area contributed by atoms with Gasteiger partial charge in [-0.25, -0.2) is 4.39 Å². The molecule has 4 nitrogen and oxygen atoms in total. The summed E-state index contributed by atoms with van der Waals surface area (Å²) in [5.41, 5.74) is 11.7. The molecule has 0 aliphatic carbocycles. The molecule has 0 amide bonds. The molecule has 0 spiro atoms. The molecule has 0 unspecified atom stereocenters. The Bertz CT molecular complexity index is 381. The van der Waals surface area contributed by atoms with Crippen LogP contribution in [0.1, 0.15) is 12.0 Å². The Morgan fingerprint density at radius 2 is 1.67 bits per heavy atom. The monoisotopic (exact) mass is 256 g/mol. The van der Waals surface area contributed by atoms with E-state index in [0.29, 0.717) is 36.6 Å². The van der Waals surface area contributed by atoms with Crippen molar-refractivity contribution in [1.82, 2.24) is 0 Å². The Kier molecular flexibility index (Phi) is 5.88. The lowest BCUT2D eigenvalue weighted by molar-refractivity contribution is 0.351. The first-order valence-electron chi connectivity index (χ1n) is 5.96. The summed E-state index contributed by atoms with van der Waals surface area (Å²) in [4.78, 5) is 0. The van der Waals surface area contributed by atoms with Crippen LogP contribution in [0.2, 0.25) is 0 Å². The number of benzene rings is 1. The molecule has 0 saturated heterocycles. The fourth-order valence-corrected chi connectivity index (χ4v) is 1.78. The lowest BCUT2D eigenvalue weighted by atomic mass is 9.99. The van der Waals surface area contributed by atoms with Gasteiger partial charge in [0.1, 0.15) is 5.82 Å². The van der Waals surface area contributed by atoms with Gasteiger partial charge in [0.15, 0.2) is 11.5 Å². The van der Waals surface area contributed by atoms with Gasteiger partial charge in [0, 0.05) is 6.07 Å². The molecule has 18 heavy (non-hydrogen) atoms. The Labute approximate surface area is 107 Å². The van der Waals surface area contributed by atoms with Crippen LogP contribution in [0.4, 0.5) is 4.39 Å². The summed E-state index contributed by atoms with van der Waals surface area (Å²) in [5.74, 6) is 0.858. The first kappa shape index (κ1) is 14.7. The molecule has 0 aliphatic rings. The summed E-state index contributed by atoms with van der Waals surface area (Å²) in [7, 11) is 3.01. The summed E-state index contributed by atoms with van der Waals surface area (Å²) in [6.45, 7) is 1.04. The predicted octanol–water partition coefficient (Wildman–Crippen LogP) is 1.31. The molecule has 4 N–H and O–H groups in total. The van der Waals surface area contributed by atoms with Crippen molar-refractivity contribution in [3.8, 4) is 11.5 Å². The molecule has 0 fully saturated rings. The van der Waals surface area contributed by atoms with Crippen LogP contribution >= 0.6 is 0 Å². The second-order valence-electron chi connectivity index (χ2n) is 4.17. The van der Waals surface area contributed by atoms with Gasteiger partial charge in [-0.1, -0.05) is 0 Å². The summed E-state index contributed by atoms with van der Waals surface area (Å²) < 4.78 is 24.0. The average Bonchev–Trinajstić information content (AvgIpc) is 2.40. The van der Waals surface area contributed by atoms with E-state index in [-0.39, 0.29) is 11.7 Å². The van der Waals surface area contributed by atoms with Crippen molar-refractivity contribution in [1.29, 1.82) is 0 Å². The smallest absolute Gasteiger partial charge is 0.163 e. The molecule has 0 aromatic heterocycles. The molecule has 0 heterocycles. The van der Waals surface area contributed by atoms with Gasteiger partial charge in [0.2, 0.25) is 0 Å². The van der Waals surface area contributed by atoms with Gasteiger partial charge in [-0.3, -0.25) is 0 Å². The third-order valence-corrected chi connectivity index (χ3v) is 3.04. The number of ether oxygens (including phenoxy) is 2. The Hall–Kier alpha value is -1.33. The van der Waals surface area contributed by atoms with Gasteiger partial charge in [-0.2, -0.15) is 0 Å². The topological polar surface area (TPSA) is 70.5 Å². The van der Waals surface area contributed by atoms with E-state index in [1.807, 2.05) is 0 Å². The molecule has 0 radical (unpaired) electrons. The van der Waals surface area contributed by atoms with Crippen LogP contribution in [-0.2, 0) is 6.42 Å². The molecular formula is C13H21FN2O2. The highest BCUT2D eigenvalue weighted by atomic mass is 19.1. The first-order valence-corrected chi connectivity index (χ1v) is 5.96.